The molecule has 0 radical (unpaired) electrons. The summed E-state index contributed by atoms with van der Waals surface area (Å²) in [5.74, 6) is 2.26. The molecule has 0 saturated carbocycles. The maximum Gasteiger partial charge on any atom is 0.169 e. The summed E-state index contributed by atoms with van der Waals surface area (Å²) in [6.45, 7) is 6.39. The second-order valence-electron chi connectivity index (χ2n) is 4.34. The maximum atomic E-state index is 4.88. The molecule has 98 valence electrons. The smallest absolute Gasteiger partial charge is 0.169 e. The number of amidine groups is 1. The van der Waals surface area contributed by atoms with Crippen LogP contribution in [0.25, 0.3) is 0 Å². The monoisotopic (exact) mass is 282 g/mol. The van der Waals surface area contributed by atoms with Gasteiger partial charge in [-0.05, 0) is 5.75 Å². The van der Waals surface area contributed by atoms with Gasteiger partial charge in [-0.3, -0.25) is 0 Å². The van der Waals surface area contributed by atoms with Crippen LogP contribution in [0.2, 0.25) is 0 Å². The van der Waals surface area contributed by atoms with Gasteiger partial charge in [-0.15, -0.1) is 23.1 Å². The van der Waals surface area contributed by atoms with E-state index in [0.29, 0.717) is 0 Å². The lowest BCUT2D eigenvalue weighted by Gasteiger charge is -2.34. The highest BCUT2D eigenvalue weighted by molar-refractivity contribution is 7.99. The number of fused-ring (bicyclic) bond motifs is 1. The molecule has 3 heterocycles. The molecule has 1 atom stereocenters. The zero-order chi connectivity index (χ0) is 12.4. The molecule has 1 aromatic heterocycles. The molecule has 2 N–H and O–H groups in total. The van der Waals surface area contributed by atoms with Crippen molar-refractivity contribution in [2.75, 3.05) is 37.2 Å². The van der Waals surface area contributed by atoms with Gasteiger partial charge in [0.05, 0.1) is 11.3 Å². The Labute approximate surface area is 116 Å². The predicted molar refractivity (Wildman–Crippen MR) is 80.8 cm³/mol. The van der Waals surface area contributed by atoms with Crippen LogP contribution in [0.4, 0.5) is 5.69 Å². The van der Waals surface area contributed by atoms with Crippen LogP contribution in [-0.2, 0) is 0 Å². The SMILES string of the molecule is CCSC1N=C(N2CCNCC2)c2cscc2N1. The Bertz CT molecular complexity index is 437. The van der Waals surface area contributed by atoms with Crippen LogP contribution >= 0.6 is 23.1 Å². The summed E-state index contributed by atoms with van der Waals surface area (Å²) in [4.78, 5) is 7.29. The molecule has 0 aromatic carbocycles. The molecule has 1 unspecified atom stereocenters. The fourth-order valence-electron chi connectivity index (χ4n) is 2.29. The summed E-state index contributed by atoms with van der Waals surface area (Å²) >= 11 is 3.60. The Balaban J connectivity index is 1.88. The molecule has 2 aliphatic rings. The number of rotatable bonds is 2. The number of aliphatic imine (C=N–C) groups is 1. The topological polar surface area (TPSA) is 39.7 Å². The fraction of sp³-hybridized carbons (Fsp3) is 0.583. The Morgan fingerprint density at radius 1 is 1.44 bits per heavy atom. The Morgan fingerprint density at radius 2 is 2.28 bits per heavy atom. The van der Waals surface area contributed by atoms with Crippen molar-refractivity contribution >= 4 is 34.6 Å². The molecular weight excluding hydrogens is 264 g/mol. The van der Waals surface area contributed by atoms with E-state index in [1.807, 2.05) is 11.8 Å². The number of hydrogen-bond acceptors (Lipinski definition) is 6. The summed E-state index contributed by atoms with van der Waals surface area (Å²) in [7, 11) is 0. The number of nitrogens with one attached hydrogen (secondary N) is 2. The number of thiophene rings is 1. The first-order chi connectivity index (χ1) is 8.88. The molecule has 0 amide bonds. The molecule has 0 aliphatic carbocycles. The van der Waals surface area contributed by atoms with E-state index in [4.69, 9.17) is 4.99 Å². The second kappa shape index (κ2) is 5.50. The van der Waals surface area contributed by atoms with Crippen LogP contribution < -0.4 is 10.6 Å². The lowest BCUT2D eigenvalue weighted by Crippen LogP contribution is -2.48. The molecule has 6 heteroatoms. The van der Waals surface area contributed by atoms with E-state index in [1.165, 1.54) is 17.1 Å². The van der Waals surface area contributed by atoms with Gasteiger partial charge in [-0.2, -0.15) is 0 Å². The van der Waals surface area contributed by atoms with Gasteiger partial charge in [0.2, 0.25) is 0 Å². The van der Waals surface area contributed by atoms with Crippen LogP contribution in [0.15, 0.2) is 15.8 Å². The highest BCUT2D eigenvalue weighted by Gasteiger charge is 2.25. The van der Waals surface area contributed by atoms with Crippen LogP contribution in [0.3, 0.4) is 0 Å². The van der Waals surface area contributed by atoms with Crippen LogP contribution in [0.5, 0.6) is 0 Å². The summed E-state index contributed by atoms with van der Waals surface area (Å²) in [6, 6.07) is 0. The summed E-state index contributed by atoms with van der Waals surface area (Å²) < 4.78 is 0. The standard InChI is InChI=1S/C12H18N4S2/c1-2-18-12-14-10-8-17-7-9(10)11(15-12)16-5-3-13-4-6-16/h7-8,12-14H,2-6H2,1H3. The summed E-state index contributed by atoms with van der Waals surface area (Å²) in [5.41, 5.74) is 2.69. The minimum absolute atomic E-state index is 0.169. The Morgan fingerprint density at radius 3 is 3.06 bits per heavy atom. The van der Waals surface area contributed by atoms with Crippen molar-refractivity contribution in [2.45, 2.75) is 12.4 Å². The van der Waals surface area contributed by atoms with E-state index < -0.39 is 0 Å². The van der Waals surface area contributed by atoms with E-state index >= 15 is 0 Å². The van der Waals surface area contributed by atoms with Crippen molar-refractivity contribution in [1.82, 2.24) is 10.2 Å². The number of anilines is 1. The van der Waals surface area contributed by atoms with Gasteiger partial charge >= 0.3 is 0 Å². The molecule has 1 aromatic rings. The largest absolute Gasteiger partial charge is 0.354 e. The van der Waals surface area contributed by atoms with E-state index in [2.05, 4.69) is 33.2 Å². The van der Waals surface area contributed by atoms with Gasteiger partial charge in [-0.25, -0.2) is 4.99 Å². The third kappa shape index (κ3) is 2.37. The van der Waals surface area contributed by atoms with Crippen molar-refractivity contribution < 1.29 is 0 Å². The zero-order valence-corrected chi connectivity index (χ0v) is 12.1. The Hall–Kier alpha value is -0.720. The Kier molecular flexibility index (Phi) is 3.77. The average molecular weight is 282 g/mol. The fourth-order valence-corrected chi connectivity index (χ4v) is 3.76. The molecule has 3 rings (SSSR count). The number of hydrogen-bond donors (Lipinski definition) is 2. The van der Waals surface area contributed by atoms with Crippen LogP contribution in [-0.4, -0.2) is 48.2 Å². The van der Waals surface area contributed by atoms with Crippen molar-refractivity contribution in [3.8, 4) is 0 Å². The zero-order valence-electron chi connectivity index (χ0n) is 10.5. The third-order valence-corrected chi connectivity index (χ3v) is 4.78. The maximum absolute atomic E-state index is 4.88. The first kappa shape index (κ1) is 12.3. The molecule has 4 nitrogen and oxygen atoms in total. The number of thioether (sulfide) groups is 1. The van der Waals surface area contributed by atoms with E-state index in [9.17, 15) is 0 Å². The summed E-state index contributed by atoms with van der Waals surface area (Å²) in [5, 5.41) is 11.3. The van der Waals surface area contributed by atoms with Gasteiger partial charge in [-0.1, -0.05) is 6.92 Å². The van der Waals surface area contributed by atoms with E-state index in [0.717, 1.165) is 31.9 Å². The van der Waals surface area contributed by atoms with Crippen LogP contribution in [0, 0.1) is 0 Å². The quantitative estimate of drug-likeness (QED) is 0.868. The molecule has 0 bridgehead atoms. The highest BCUT2D eigenvalue weighted by atomic mass is 32.2. The molecule has 1 fully saturated rings. The van der Waals surface area contributed by atoms with Crippen LogP contribution in [0.1, 0.15) is 12.5 Å². The van der Waals surface area contributed by atoms with Crippen molar-refractivity contribution in [3.63, 3.8) is 0 Å². The van der Waals surface area contributed by atoms with Gasteiger partial charge in [0.25, 0.3) is 0 Å². The first-order valence-electron chi connectivity index (χ1n) is 6.36. The van der Waals surface area contributed by atoms with Gasteiger partial charge in [0.1, 0.15) is 5.84 Å². The van der Waals surface area contributed by atoms with Crippen molar-refractivity contribution in [3.05, 3.63) is 16.3 Å². The van der Waals surface area contributed by atoms with Gasteiger partial charge < -0.3 is 15.5 Å². The predicted octanol–water partition coefficient (Wildman–Crippen LogP) is 1.86. The minimum atomic E-state index is 0.169. The van der Waals surface area contributed by atoms with Gasteiger partial charge in [0, 0.05) is 36.9 Å². The highest BCUT2D eigenvalue weighted by Crippen LogP contribution is 2.31. The van der Waals surface area contributed by atoms with E-state index in [1.54, 1.807) is 11.3 Å². The van der Waals surface area contributed by atoms with Crippen molar-refractivity contribution in [1.29, 1.82) is 0 Å². The lowest BCUT2D eigenvalue weighted by atomic mass is 10.2. The van der Waals surface area contributed by atoms with Gasteiger partial charge in [0.15, 0.2) is 5.50 Å². The number of nitrogens with zero attached hydrogens (tertiary/aromatic N) is 2. The lowest BCUT2D eigenvalue weighted by molar-refractivity contribution is 0.356. The molecule has 1 saturated heterocycles. The van der Waals surface area contributed by atoms with Crippen molar-refractivity contribution in [2.24, 2.45) is 4.99 Å². The summed E-state index contributed by atoms with van der Waals surface area (Å²) in [6.07, 6.45) is 0. The average Bonchev–Trinajstić information content (AvgIpc) is 2.87. The van der Waals surface area contributed by atoms with E-state index in [-0.39, 0.29) is 5.50 Å². The molecule has 2 aliphatic heterocycles. The number of piperazine rings is 1. The molecule has 18 heavy (non-hydrogen) atoms. The minimum Gasteiger partial charge on any atom is -0.354 e. The molecular formula is C12H18N4S2. The third-order valence-electron chi connectivity index (χ3n) is 3.16. The normalized spacial score (nSPS) is 23.3. The molecule has 0 spiro atoms. The second-order valence-corrected chi connectivity index (χ2v) is 6.44. The first-order valence-corrected chi connectivity index (χ1v) is 8.36.